The maximum absolute atomic E-state index is 3.50. The number of halogens is 1. The van der Waals surface area contributed by atoms with Crippen LogP contribution in [0, 0.1) is 0 Å². The summed E-state index contributed by atoms with van der Waals surface area (Å²) in [6, 6.07) is 10.5. The molecule has 0 unspecified atom stereocenters. The molecule has 11 heavy (non-hydrogen) atoms. The number of hydrogen-bond acceptors (Lipinski definition) is 0. The van der Waals surface area contributed by atoms with Crippen molar-refractivity contribution in [3.63, 3.8) is 0 Å². The summed E-state index contributed by atoms with van der Waals surface area (Å²) in [5.74, 6) is 0. The summed E-state index contributed by atoms with van der Waals surface area (Å²) in [6.45, 7) is 4.25. The SMILES string of the molecule is CCC.[Br][Mg][c]1ccccc1. The fourth-order valence-electron chi connectivity index (χ4n) is 0.567. The summed E-state index contributed by atoms with van der Waals surface area (Å²) in [5.41, 5.74) is 0. The third-order valence-electron chi connectivity index (χ3n) is 0.997. The van der Waals surface area contributed by atoms with Crippen molar-refractivity contribution in [1.29, 1.82) is 0 Å². The highest BCUT2D eigenvalue weighted by molar-refractivity contribution is 9.23. The molecule has 0 aliphatic heterocycles. The van der Waals surface area contributed by atoms with Crippen LogP contribution in [-0.2, 0) is 0 Å². The standard InChI is InChI=1S/C6H5.C3H8.BrH.Mg/c1-2-4-6-5-3-1;1-3-2;;/h1-5H;3H2,1-2H3;1H;/q;;;+1/p-1. The Morgan fingerprint density at radius 1 is 1.18 bits per heavy atom. The highest BCUT2D eigenvalue weighted by atomic mass is 79.9. The monoisotopic (exact) mass is 224 g/mol. The minimum atomic E-state index is -0.0962. The lowest BCUT2D eigenvalue weighted by molar-refractivity contribution is 1.09. The molecule has 1 rings (SSSR count). The molecular weight excluding hydrogens is 212 g/mol. The maximum Gasteiger partial charge on any atom is 0.506 e. The first-order chi connectivity index (χ1) is 5.35. The van der Waals surface area contributed by atoms with Crippen LogP contribution in [-0.4, -0.2) is 18.2 Å². The van der Waals surface area contributed by atoms with Gasteiger partial charge in [0.05, 0.1) is 0 Å². The van der Waals surface area contributed by atoms with Crippen molar-refractivity contribution < 1.29 is 0 Å². The van der Waals surface area contributed by atoms with Crippen LogP contribution < -0.4 is 3.69 Å². The molecular formula is C9H13BrMg. The molecule has 0 spiro atoms. The van der Waals surface area contributed by atoms with Gasteiger partial charge in [-0.05, 0) is 0 Å². The number of hydrogen-bond donors (Lipinski definition) is 0. The van der Waals surface area contributed by atoms with Crippen LogP contribution in [0.5, 0.6) is 0 Å². The van der Waals surface area contributed by atoms with Crippen LogP contribution in [0.1, 0.15) is 20.3 Å². The third kappa shape index (κ3) is 6.85. The fourth-order valence-corrected chi connectivity index (χ4v) is 2.14. The Morgan fingerprint density at radius 2 is 1.64 bits per heavy atom. The second-order valence-electron chi connectivity index (χ2n) is 2.33. The highest BCUT2D eigenvalue weighted by Gasteiger charge is 1.88. The van der Waals surface area contributed by atoms with Gasteiger partial charge in [-0.25, -0.2) is 0 Å². The predicted octanol–water partition coefficient (Wildman–Crippen LogP) is 2.74. The van der Waals surface area contributed by atoms with Crippen molar-refractivity contribution in [2.45, 2.75) is 20.3 Å². The van der Waals surface area contributed by atoms with Crippen molar-refractivity contribution in [3.05, 3.63) is 30.3 Å². The predicted molar refractivity (Wildman–Crippen MR) is 56.7 cm³/mol. The van der Waals surface area contributed by atoms with E-state index in [0.717, 1.165) is 0 Å². The van der Waals surface area contributed by atoms with Gasteiger partial charge >= 0.3 is 18.2 Å². The topological polar surface area (TPSA) is 0 Å². The van der Waals surface area contributed by atoms with Crippen molar-refractivity contribution in [1.82, 2.24) is 0 Å². The van der Waals surface area contributed by atoms with Gasteiger partial charge in [0.25, 0.3) is 0 Å². The largest absolute Gasteiger partial charge is 0.506 e. The van der Waals surface area contributed by atoms with E-state index in [4.69, 9.17) is 0 Å². The Hall–Kier alpha value is 0.466. The summed E-state index contributed by atoms with van der Waals surface area (Å²) in [4.78, 5) is 0. The van der Waals surface area contributed by atoms with E-state index in [-0.39, 0.29) is 18.2 Å². The Balaban J connectivity index is 0.000000292. The summed E-state index contributed by atoms with van der Waals surface area (Å²) in [6.07, 6.45) is 1.25. The minimum Gasteiger partial charge on any atom is -0.296 e. The molecule has 0 aliphatic carbocycles. The lowest BCUT2D eigenvalue weighted by atomic mass is 10.4. The molecule has 0 saturated carbocycles. The van der Waals surface area contributed by atoms with Crippen molar-refractivity contribution in [3.8, 4) is 0 Å². The molecule has 0 nitrogen and oxygen atoms in total. The summed E-state index contributed by atoms with van der Waals surface area (Å²) in [7, 11) is 0. The van der Waals surface area contributed by atoms with E-state index < -0.39 is 0 Å². The van der Waals surface area contributed by atoms with E-state index in [1.165, 1.54) is 10.1 Å². The Labute approximate surface area is 85.0 Å². The Morgan fingerprint density at radius 3 is 1.91 bits per heavy atom. The van der Waals surface area contributed by atoms with Gasteiger partial charge in [0.1, 0.15) is 0 Å². The maximum atomic E-state index is 3.50. The van der Waals surface area contributed by atoms with Gasteiger partial charge in [-0.2, -0.15) is 3.69 Å². The Kier molecular flexibility index (Phi) is 8.92. The zero-order valence-corrected chi connectivity index (χ0v) is 10.2. The molecule has 0 aromatic heterocycles. The average Bonchev–Trinajstić information content (AvgIpc) is 2.08. The normalized spacial score (nSPS) is 7.55. The number of rotatable bonds is 1. The van der Waals surface area contributed by atoms with Gasteiger partial charge in [0, 0.05) is 0 Å². The zero-order chi connectivity index (χ0) is 8.53. The molecule has 0 amide bonds. The number of benzene rings is 1. The smallest absolute Gasteiger partial charge is 0.296 e. The molecule has 0 atom stereocenters. The minimum absolute atomic E-state index is 0.0962. The quantitative estimate of drug-likeness (QED) is 0.645. The fraction of sp³-hybridized carbons (Fsp3) is 0.333. The van der Waals surface area contributed by atoms with E-state index in [1.807, 2.05) is 6.07 Å². The van der Waals surface area contributed by atoms with E-state index in [0.29, 0.717) is 0 Å². The van der Waals surface area contributed by atoms with E-state index in [2.05, 4.69) is 51.0 Å². The first kappa shape index (κ1) is 11.5. The van der Waals surface area contributed by atoms with Crippen molar-refractivity contribution >= 4 is 34.8 Å². The van der Waals surface area contributed by atoms with Crippen LogP contribution >= 0.6 is 12.9 Å². The van der Waals surface area contributed by atoms with Crippen LogP contribution in [0.15, 0.2) is 30.3 Å². The molecule has 0 bridgehead atoms. The molecule has 0 N–H and O–H groups in total. The zero-order valence-electron chi connectivity index (χ0n) is 7.18. The van der Waals surface area contributed by atoms with E-state index in [1.54, 1.807) is 0 Å². The van der Waals surface area contributed by atoms with Gasteiger partial charge < -0.3 is 0 Å². The lowest BCUT2D eigenvalue weighted by Crippen LogP contribution is -2.05. The molecule has 0 radical (unpaired) electrons. The van der Waals surface area contributed by atoms with E-state index in [9.17, 15) is 0 Å². The van der Waals surface area contributed by atoms with Crippen LogP contribution in [0.25, 0.3) is 0 Å². The molecule has 0 aliphatic rings. The molecule has 1 aromatic rings. The second kappa shape index (κ2) is 8.56. The molecule has 1 aromatic carbocycles. The third-order valence-corrected chi connectivity index (χ3v) is 3.72. The van der Waals surface area contributed by atoms with Crippen molar-refractivity contribution in [2.75, 3.05) is 0 Å². The van der Waals surface area contributed by atoms with Crippen LogP contribution in [0.2, 0.25) is 0 Å². The van der Waals surface area contributed by atoms with Gasteiger partial charge in [-0.3, -0.25) is 12.9 Å². The van der Waals surface area contributed by atoms with E-state index >= 15 is 0 Å². The lowest BCUT2D eigenvalue weighted by Gasteiger charge is -1.87. The van der Waals surface area contributed by atoms with Gasteiger partial charge in [-0.15, -0.1) is 0 Å². The molecule has 0 fully saturated rings. The summed E-state index contributed by atoms with van der Waals surface area (Å²) in [5, 5.41) is 0. The first-order valence-corrected chi connectivity index (χ1v) is 8.55. The highest BCUT2D eigenvalue weighted by Crippen LogP contribution is 1.82. The first-order valence-electron chi connectivity index (χ1n) is 3.95. The van der Waals surface area contributed by atoms with Gasteiger partial charge in [0.2, 0.25) is 0 Å². The van der Waals surface area contributed by atoms with Gasteiger partial charge in [-0.1, -0.05) is 50.6 Å². The second-order valence-corrected chi connectivity index (χ2v) is 5.09. The van der Waals surface area contributed by atoms with Gasteiger partial charge in [0.15, 0.2) is 0 Å². The summed E-state index contributed by atoms with van der Waals surface area (Å²) >= 11 is 3.40. The Bertz CT molecular complexity index is 162. The molecule has 58 valence electrons. The van der Waals surface area contributed by atoms with Crippen molar-refractivity contribution in [2.24, 2.45) is 0 Å². The molecule has 0 saturated heterocycles. The van der Waals surface area contributed by atoms with Crippen LogP contribution in [0.4, 0.5) is 0 Å². The molecule has 2 heteroatoms. The molecule has 0 heterocycles. The average molecular weight is 225 g/mol. The van der Waals surface area contributed by atoms with Crippen LogP contribution in [0.3, 0.4) is 0 Å². The summed E-state index contributed by atoms with van der Waals surface area (Å²) < 4.78 is 1.47.